The molecule has 0 aromatic heterocycles. The van der Waals surface area contributed by atoms with E-state index in [9.17, 15) is 4.79 Å². The second-order valence-electron chi connectivity index (χ2n) is 1.83. The molecule has 0 rings (SSSR count). The fraction of sp³-hybridized carbons (Fsp3) is 0.600. The van der Waals surface area contributed by atoms with Crippen LogP contribution < -0.4 is 11.1 Å². The summed E-state index contributed by atoms with van der Waals surface area (Å²) in [5.41, 5.74) is 4.92. The molecule has 0 spiro atoms. The van der Waals surface area contributed by atoms with Gasteiger partial charge in [-0.25, -0.2) is 0 Å². The summed E-state index contributed by atoms with van der Waals surface area (Å²) in [5, 5.41) is 17.8. The zero-order valence-corrected chi connectivity index (χ0v) is 5.50. The number of aldehydes is 1. The quantitative estimate of drug-likeness (QED) is 0.218. The second-order valence-corrected chi connectivity index (χ2v) is 1.83. The highest BCUT2D eigenvalue weighted by molar-refractivity contribution is 5.74. The van der Waals surface area contributed by atoms with Gasteiger partial charge in [0.2, 0.25) is 0 Å². The predicted molar refractivity (Wildman–Crippen MR) is 36.6 cm³/mol. The van der Waals surface area contributed by atoms with Gasteiger partial charge in [-0.05, 0) is 6.42 Å². The minimum absolute atomic E-state index is 0.155. The molecule has 0 amide bonds. The van der Waals surface area contributed by atoms with Crippen molar-refractivity contribution in [3.8, 4) is 0 Å². The molecule has 0 bridgehead atoms. The minimum atomic E-state index is -0.952. The Bertz CT molecular complexity index is 126. The third-order valence-electron chi connectivity index (χ3n) is 0.913. The van der Waals surface area contributed by atoms with Crippen molar-refractivity contribution in [2.75, 3.05) is 6.54 Å². The molecular formula is C5H11N3O2. The molecule has 0 heterocycles. The first-order valence-electron chi connectivity index (χ1n) is 2.88. The molecule has 10 heavy (non-hydrogen) atoms. The van der Waals surface area contributed by atoms with Crippen molar-refractivity contribution in [3.63, 3.8) is 0 Å². The van der Waals surface area contributed by atoms with Crippen molar-refractivity contribution < 1.29 is 9.90 Å². The van der Waals surface area contributed by atoms with Gasteiger partial charge in [0, 0.05) is 6.54 Å². The van der Waals surface area contributed by atoms with Crippen LogP contribution in [0.5, 0.6) is 0 Å². The van der Waals surface area contributed by atoms with Crippen LogP contribution in [0.25, 0.3) is 0 Å². The van der Waals surface area contributed by atoms with E-state index < -0.39 is 6.10 Å². The maximum Gasteiger partial charge on any atom is 0.185 e. The van der Waals surface area contributed by atoms with E-state index in [-0.39, 0.29) is 12.4 Å². The number of rotatable bonds is 4. The average molecular weight is 145 g/mol. The van der Waals surface area contributed by atoms with Crippen LogP contribution in [0.1, 0.15) is 6.42 Å². The molecule has 0 radical (unpaired) electrons. The van der Waals surface area contributed by atoms with Gasteiger partial charge < -0.3 is 21.0 Å². The summed E-state index contributed by atoms with van der Waals surface area (Å²) in [4.78, 5) is 9.82. The molecule has 0 aromatic carbocycles. The van der Waals surface area contributed by atoms with E-state index in [0.717, 1.165) is 0 Å². The molecular weight excluding hydrogens is 134 g/mol. The lowest BCUT2D eigenvalue weighted by atomic mass is 10.3. The lowest BCUT2D eigenvalue weighted by Gasteiger charge is -2.03. The standard InChI is InChI=1S/C5H11N3O2/c6-5(7)8-2-1-4(10)3-9/h3-4,10H,1-2H2,(H4,6,7,8)/t4-/m0/s1. The number of guanidine groups is 1. The maximum atomic E-state index is 9.82. The van der Waals surface area contributed by atoms with Crippen molar-refractivity contribution in [2.45, 2.75) is 12.5 Å². The first-order chi connectivity index (χ1) is 4.66. The fourth-order valence-electron chi connectivity index (χ4n) is 0.423. The monoisotopic (exact) mass is 145 g/mol. The Morgan fingerprint density at radius 2 is 2.50 bits per heavy atom. The Hall–Kier alpha value is -1.10. The Morgan fingerprint density at radius 3 is 2.90 bits per heavy atom. The third kappa shape index (κ3) is 5.04. The summed E-state index contributed by atoms with van der Waals surface area (Å²) in [6.07, 6.45) is -0.225. The van der Waals surface area contributed by atoms with Gasteiger partial charge in [0.1, 0.15) is 12.4 Å². The SMILES string of the molecule is N=C(N)NCC[C@H](O)C=O. The molecule has 0 saturated carbocycles. The van der Waals surface area contributed by atoms with Crippen molar-refractivity contribution in [1.82, 2.24) is 5.32 Å². The lowest BCUT2D eigenvalue weighted by Crippen LogP contribution is -2.32. The zero-order chi connectivity index (χ0) is 7.98. The predicted octanol–water partition coefficient (Wildman–Crippen LogP) is -1.58. The normalized spacial score (nSPS) is 12.1. The number of nitrogens with one attached hydrogen (secondary N) is 2. The number of carbonyl (C=O) groups excluding carboxylic acids is 1. The van der Waals surface area contributed by atoms with Gasteiger partial charge >= 0.3 is 0 Å². The molecule has 0 unspecified atom stereocenters. The topological polar surface area (TPSA) is 99.2 Å². The molecule has 0 aromatic rings. The number of carbonyl (C=O) groups is 1. The van der Waals surface area contributed by atoms with Gasteiger partial charge in [-0.1, -0.05) is 0 Å². The zero-order valence-electron chi connectivity index (χ0n) is 5.50. The van der Waals surface area contributed by atoms with Crippen LogP contribution in [0.15, 0.2) is 0 Å². The van der Waals surface area contributed by atoms with Crippen LogP contribution in [0.4, 0.5) is 0 Å². The van der Waals surface area contributed by atoms with Gasteiger partial charge in [-0.2, -0.15) is 0 Å². The van der Waals surface area contributed by atoms with E-state index >= 15 is 0 Å². The van der Waals surface area contributed by atoms with E-state index in [2.05, 4.69) is 5.32 Å². The molecule has 5 heteroatoms. The fourth-order valence-corrected chi connectivity index (χ4v) is 0.423. The highest BCUT2D eigenvalue weighted by Gasteiger charge is 1.99. The first kappa shape index (κ1) is 8.90. The average Bonchev–Trinajstić information content (AvgIpc) is 1.87. The van der Waals surface area contributed by atoms with E-state index in [1.165, 1.54) is 0 Å². The highest BCUT2D eigenvalue weighted by atomic mass is 16.3. The first-order valence-corrected chi connectivity index (χ1v) is 2.88. The van der Waals surface area contributed by atoms with Crippen molar-refractivity contribution >= 4 is 12.2 Å². The third-order valence-corrected chi connectivity index (χ3v) is 0.913. The maximum absolute atomic E-state index is 9.82. The van der Waals surface area contributed by atoms with Crippen molar-refractivity contribution in [1.29, 1.82) is 5.41 Å². The molecule has 58 valence electrons. The van der Waals surface area contributed by atoms with E-state index in [1.54, 1.807) is 0 Å². The van der Waals surface area contributed by atoms with Crippen LogP contribution in [0.3, 0.4) is 0 Å². The molecule has 0 saturated heterocycles. The molecule has 5 N–H and O–H groups in total. The van der Waals surface area contributed by atoms with Crippen LogP contribution in [0.2, 0.25) is 0 Å². The Kier molecular flexibility index (Phi) is 4.23. The summed E-state index contributed by atoms with van der Waals surface area (Å²) < 4.78 is 0. The van der Waals surface area contributed by atoms with Gasteiger partial charge in [0.25, 0.3) is 0 Å². The second kappa shape index (κ2) is 4.75. The highest BCUT2D eigenvalue weighted by Crippen LogP contribution is 1.82. The largest absolute Gasteiger partial charge is 0.386 e. The summed E-state index contributed by atoms with van der Waals surface area (Å²) in [5.74, 6) is -0.155. The van der Waals surface area contributed by atoms with Gasteiger partial charge in [-0.15, -0.1) is 0 Å². The number of aliphatic hydroxyl groups excluding tert-OH is 1. The van der Waals surface area contributed by atoms with Crippen LogP contribution in [-0.4, -0.2) is 30.0 Å². The number of hydrogen-bond acceptors (Lipinski definition) is 3. The summed E-state index contributed by atoms with van der Waals surface area (Å²) in [6.45, 7) is 0.342. The van der Waals surface area contributed by atoms with Gasteiger partial charge in [-0.3, -0.25) is 5.41 Å². The van der Waals surface area contributed by atoms with Crippen LogP contribution in [0, 0.1) is 5.41 Å². The number of aliphatic hydroxyl groups is 1. The summed E-state index contributed by atoms with van der Waals surface area (Å²) in [6, 6.07) is 0. The molecule has 0 aliphatic rings. The van der Waals surface area contributed by atoms with E-state index in [1.807, 2.05) is 0 Å². The molecule has 5 nitrogen and oxygen atoms in total. The number of hydrogen-bond donors (Lipinski definition) is 4. The smallest absolute Gasteiger partial charge is 0.185 e. The van der Waals surface area contributed by atoms with E-state index in [4.69, 9.17) is 16.2 Å². The lowest BCUT2D eigenvalue weighted by molar-refractivity contribution is -0.115. The Balaban J connectivity index is 3.19. The van der Waals surface area contributed by atoms with Gasteiger partial charge in [0.15, 0.2) is 5.96 Å². The Labute approximate surface area is 58.7 Å². The van der Waals surface area contributed by atoms with Crippen LogP contribution in [-0.2, 0) is 4.79 Å². The molecule has 0 aliphatic heterocycles. The van der Waals surface area contributed by atoms with Crippen molar-refractivity contribution in [2.24, 2.45) is 5.73 Å². The van der Waals surface area contributed by atoms with Gasteiger partial charge in [0.05, 0.1) is 0 Å². The van der Waals surface area contributed by atoms with Crippen molar-refractivity contribution in [3.05, 3.63) is 0 Å². The minimum Gasteiger partial charge on any atom is -0.386 e. The summed E-state index contributed by atoms with van der Waals surface area (Å²) >= 11 is 0. The molecule has 0 fully saturated rings. The van der Waals surface area contributed by atoms with Crippen LogP contribution >= 0.6 is 0 Å². The summed E-state index contributed by atoms with van der Waals surface area (Å²) in [7, 11) is 0. The van der Waals surface area contributed by atoms with E-state index in [0.29, 0.717) is 12.8 Å². The Morgan fingerprint density at radius 1 is 1.90 bits per heavy atom. The molecule has 0 aliphatic carbocycles. The molecule has 1 atom stereocenters. The number of nitrogens with two attached hydrogens (primary N) is 1.